The van der Waals surface area contributed by atoms with E-state index in [0.29, 0.717) is 11.3 Å². The van der Waals surface area contributed by atoms with Crippen LogP contribution < -0.4 is 5.32 Å². The molecule has 0 aliphatic heterocycles. The number of carboxylic acid groups (broad SMARTS) is 1. The van der Waals surface area contributed by atoms with Crippen LogP contribution in [0, 0.1) is 0 Å². The zero-order chi connectivity index (χ0) is 15.6. The van der Waals surface area contributed by atoms with Gasteiger partial charge in [0.15, 0.2) is 6.04 Å². The van der Waals surface area contributed by atoms with Crippen molar-refractivity contribution in [3.63, 3.8) is 0 Å². The Labute approximate surface area is 122 Å². The monoisotopic (exact) mass is 290 g/mol. The Morgan fingerprint density at radius 3 is 2.62 bits per heavy atom. The van der Waals surface area contributed by atoms with Crippen molar-refractivity contribution in [2.24, 2.45) is 7.05 Å². The third-order valence-electron chi connectivity index (χ3n) is 3.15. The van der Waals surface area contributed by atoms with Crippen LogP contribution in [0.4, 0.5) is 0 Å². The summed E-state index contributed by atoms with van der Waals surface area (Å²) in [7, 11) is 1.69. The molecule has 1 unspecified atom stereocenters. The van der Waals surface area contributed by atoms with Crippen molar-refractivity contribution in [2.45, 2.75) is 25.9 Å². The molecule has 0 spiro atoms. The Morgan fingerprint density at radius 2 is 2.10 bits per heavy atom. The van der Waals surface area contributed by atoms with E-state index < -0.39 is 17.9 Å². The number of carbonyl (C=O) groups excluding carboxylic acids is 1. The van der Waals surface area contributed by atoms with Crippen molar-refractivity contribution in [3.05, 3.63) is 42.0 Å². The van der Waals surface area contributed by atoms with Crippen molar-refractivity contribution in [2.75, 3.05) is 0 Å². The topological polar surface area (TPSA) is 89.2 Å². The number of hydrogen-bond donors (Lipinski definition) is 2. The molecule has 0 aromatic carbocycles. The fraction of sp³-hybridized carbons (Fsp3) is 0.357. The highest BCUT2D eigenvalue weighted by atomic mass is 16.4. The van der Waals surface area contributed by atoms with Crippen LogP contribution in [-0.4, -0.2) is 31.3 Å². The first-order valence-corrected chi connectivity index (χ1v) is 6.59. The number of aliphatic carboxylic acids is 1. The zero-order valence-corrected chi connectivity index (χ0v) is 12.1. The molecular weight excluding hydrogens is 272 g/mol. The summed E-state index contributed by atoms with van der Waals surface area (Å²) >= 11 is 0. The Kier molecular flexibility index (Phi) is 4.11. The lowest BCUT2D eigenvalue weighted by molar-refractivity contribution is -0.139. The highest BCUT2D eigenvalue weighted by Gasteiger charge is 2.25. The third kappa shape index (κ3) is 3.13. The van der Waals surface area contributed by atoms with E-state index >= 15 is 0 Å². The molecule has 7 heteroatoms. The number of carboxylic acids is 1. The number of carbonyl (C=O) groups is 2. The molecule has 0 fully saturated rings. The predicted octanol–water partition coefficient (Wildman–Crippen LogP) is 1.36. The van der Waals surface area contributed by atoms with Crippen LogP contribution in [0.1, 0.15) is 42.0 Å². The molecule has 21 heavy (non-hydrogen) atoms. The van der Waals surface area contributed by atoms with E-state index in [4.69, 9.17) is 0 Å². The van der Waals surface area contributed by atoms with Crippen LogP contribution in [0.2, 0.25) is 0 Å². The van der Waals surface area contributed by atoms with Crippen LogP contribution >= 0.6 is 0 Å². The lowest BCUT2D eigenvalue weighted by Gasteiger charge is -2.16. The van der Waals surface area contributed by atoms with Crippen LogP contribution in [-0.2, 0) is 11.8 Å². The Morgan fingerprint density at radius 1 is 1.38 bits per heavy atom. The molecule has 1 atom stereocenters. The smallest absolute Gasteiger partial charge is 0.331 e. The maximum Gasteiger partial charge on any atom is 0.331 e. The minimum atomic E-state index is -1.13. The molecule has 0 aliphatic carbocycles. The minimum absolute atomic E-state index is 0.113. The lowest BCUT2D eigenvalue weighted by atomic mass is 10.1. The first-order chi connectivity index (χ1) is 9.90. The number of hydrogen-bond acceptors (Lipinski definition) is 3. The lowest BCUT2D eigenvalue weighted by Crippen LogP contribution is -2.34. The molecule has 0 saturated heterocycles. The van der Waals surface area contributed by atoms with Crippen molar-refractivity contribution < 1.29 is 14.7 Å². The first-order valence-electron chi connectivity index (χ1n) is 6.59. The molecule has 2 rings (SSSR count). The van der Waals surface area contributed by atoms with Gasteiger partial charge < -0.3 is 15.0 Å². The molecule has 0 bridgehead atoms. The van der Waals surface area contributed by atoms with Crippen molar-refractivity contribution in [1.29, 1.82) is 0 Å². The van der Waals surface area contributed by atoms with Gasteiger partial charge in [0.05, 0.1) is 6.20 Å². The number of nitrogens with one attached hydrogen (secondary N) is 1. The summed E-state index contributed by atoms with van der Waals surface area (Å²) in [6.07, 6.45) is 4.79. The number of aromatic nitrogens is 3. The summed E-state index contributed by atoms with van der Waals surface area (Å²) in [6, 6.07) is 2.41. The molecule has 2 aromatic heterocycles. The van der Waals surface area contributed by atoms with Gasteiger partial charge in [0.25, 0.3) is 5.91 Å². The van der Waals surface area contributed by atoms with Gasteiger partial charge in [-0.2, -0.15) is 5.10 Å². The van der Waals surface area contributed by atoms with Gasteiger partial charge in [-0.1, -0.05) is 0 Å². The second kappa shape index (κ2) is 5.82. The maximum atomic E-state index is 12.3. The van der Waals surface area contributed by atoms with Crippen molar-refractivity contribution in [1.82, 2.24) is 19.7 Å². The van der Waals surface area contributed by atoms with Crippen LogP contribution in [0.15, 0.2) is 30.7 Å². The third-order valence-corrected chi connectivity index (χ3v) is 3.15. The molecule has 2 heterocycles. The molecule has 2 aromatic rings. The standard InChI is InChI=1S/C14H18N4O3/c1-9(2)18-6-4-5-11(18)13(19)16-12(14(20)21)10-7-15-17(3)8-10/h4-9,12H,1-3H3,(H,16,19)(H,20,21). The minimum Gasteiger partial charge on any atom is -0.479 e. The fourth-order valence-corrected chi connectivity index (χ4v) is 2.12. The fourth-order valence-electron chi connectivity index (χ4n) is 2.12. The van der Waals surface area contributed by atoms with Crippen molar-refractivity contribution >= 4 is 11.9 Å². The van der Waals surface area contributed by atoms with Crippen LogP contribution in [0.5, 0.6) is 0 Å². The van der Waals surface area contributed by atoms with E-state index in [1.54, 1.807) is 36.1 Å². The molecule has 0 saturated carbocycles. The molecule has 112 valence electrons. The van der Waals surface area contributed by atoms with Gasteiger partial charge in [0.1, 0.15) is 5.69 Å². The molecule has 1 amide bonds. The van der Waals surface area contributed by atoms with E-state index in [-0.39, 0.29) is 6.04 Å². The largest absolute Gasteiger partial charge is 0.479 e. The number of rotatable bonds is 5. The van der Waals surface area contributed by atoms with E-state index in [1.165, 1.54) is 10.9 Å². The maximum absolute atomic E-state index is 12.3. The average Bonchev–Trinajstić information content (AvgIpc) is 3.03. The molecule has 0 radical (unpaired) electrons. The van der Waals surface area contributed by atoms with Gasteiger partial charge in [0.2, 0.25) is 0 Å². The summed E-state index contributed by atoms with van der Waals surface area (Å²) in [5, 5.41) is 15.8. The summed E-state index contributed by atoms with van der Waals surface area (Å²) in [5.41, 5.74) is 0.862. The second-order valence-electron chi connectivity index (χ2n) is 5.09. The van der Waals surface area contributed by atoms with Crippen molar-refractivity contribution in [3.8, 4) is 0 Å². The number of amides is 1. The Hall–Kier alpha value is -2.57. The summed E-state index contributed by atoms with van der Waals surface area (Å²) in [6.45, 7) is 3.90. The van der Waals surface area contributed by atoms with Gasteiger partial charge in [-0.25, -0.2) is 4.79 Å². The predicted molar refractivity (Wildman–Crippen MR) is 75.9 cm³/mol. The average molecular weight is 290 g/mol. The van der Waals surface area contributed by atoms with E-state index in [0.717, 1.165) is 0 Å². The second-order valence-corrected chi connectivity index (χ2v) is 5.09. The highest BCUT2D eigenvalue weighted by molar-refractivity contribution is 5.95. The molecule has 2 N–H and O–H groups in total. The van der Waals surface area contributed by atoms with E-state index in [9.17, 15) is 14.7 Å². The van der Waals surface area contributed by atoms with E-state index in [2.05, 4.69) is 10.4 Å². The van der Waals surface area contributed by atoms with Gasteiger partial charge in [0, 0.05) is 31.0 Å². The Balaban J connectivity index is 2.23. The molecule has 0 aliphatic rings. The van der Waals surface area contributed by atoms with Crippen LogP contribution in [0.25, 0.3) is 0 Å². The summed E-state index contributed by atoms with van der Waals surface area (Å²) in [5.74, 6) is -1.55. The summed E-state index contributed by atoms with van der Waals surface area (Å²) < 4.78 is 3.28. The molecular formula is C14H18N4O3. The van der Waals surface area contributed by atoms with E-state index in [1.807, 2.05) is 13.8 Å². The zero-order valence-electron chi connectivity index (χ0n) is 12.1. The van der Waals surface area contributed by atoms with Gasteiger partial charge in [-0.05, 0) is 26.0 Å². The SMILES string of the molecule is CC(C)n1cccc1C(=O)NC(C(=O)O)c1cnn(C)c1. The highest BCUT2D eigenvalue weighted by Crippen LogP contribution is 2.15. The van der Waals surface area contributed by atoms with Gasteiger partial charge >= 0.3 is 5.97 Å². The summed E-state index contributed by atoms with van der Waals surface area (Å²) in [4.78, 5) is 23.7. The normalized spacial score (nSPS) is 12.4. The first kappa shape index (κ1) is 14.8. The van der Waals surface area contributed by atoms with Gasteiger partial charge in [-0.3, -0.25) is 9.48 Å². The number of nitrogens with zero attached hydrogens (tertiary/aromatic N) is 3. The quantitative estimate of drug-likeness (QED) is 0.870. The van der Waals surface area contributed by atoms with Gasteiger partial charge in [-0.15, -0.1) is 0 Å². The van der Waals surface area contributed by atoms with Crippen LogP contribution in [0.3, 0.4) is 0 Å². The molecule has 7 nitrogen and oxygen atoms in total. The number of aryl methyl sites for hydroxylation is 1. The Bertz CT molecular complexity index is 657.